The van der Waals surface area contributed by atoms with Crippen LogP contribution in [0.4, 0.5) is 0 Å². The molecule has 0 aliphatic heterocycles. The molecule has 2 N–H and O–H groups in total. The van der Waals surface area contributed by atoms with Gasteiger partial charge in [-0.1, -0.05) is 26.0 Å². The van der Waals surface area contributed by atoms with E-state index in [-0.39, 0.29) is 6.04 Å². The van der Waals surface area contributed by atoms with E-state index in [4.69, 9.17) is 5.73 Å². The third kappa shape index (κ3) is 2.61. The summed E-state index contributed by atoms with van der Waals surface area (Å²) in [5.74, 6) is 0.461. The quantitative estimate of drug-likeness (QED) is 0.879. The van der Waals surface area contributed by atoms with E-state index < -0.39 is 0 Å². The second kappa shape index (κ2) is 4.80. The largest absolute Gasteiger partial charge is 0.327 e. The van der Waals surface area contributed by atoms with Crippen LogP contribution >= 0.6 is 0 Å². The molecule has 1 unspecified atom stereocenters. The lowest BCUT2D eigenvalue weighted by molar-refractivity contribution is 0.485. The molecule has 90 valence electrons. The number of nitrogens with zero attached hydrogens (tertiary/aromatic N) is 2. The van der Waals surface area contributed by atoms with Crippen LogP contribution in [0.15, 0.2) is 24.3 Å². The van der Waals surface area contributed by atoms with Gasteiger partial charge in [0.15, 0.2) is 0 Å². The Balaban J connectivity index is 2.37. The fourth-order valence-corrected chi connectivity index (χ4v) is 1.78. The Bertz CT molecular complexity index is 520. The summed E-state index contributed by atoms with van der Waals surface area (Å²) >= 11 is 0. The number of aryl methyl sites for hydroxylation is 1. The summed E-state index contributed by atoms with van der Waals surface area (Å²) in [4.78, 5) is 9.22. The molecule has 0 fully saturated rings. The van der Waals surface area contributed by atoms with Crippen molar-refractivity contribution in [2.45, 2.75) is 33.2 Å². The minimum absolute atomic E-state index is 0.143. The summed E-state index contributed by atoms with van der Waals surface area (Å²) < 4.78 is 0. The van der Waals surface area contributed by atoms with Gasteiger partial charge in [-0.05, 0) is 25.0 Å². The third-order valence-corrected chi connectivity index (χ3v) is 3.13. The van der Waals surface area contributed by atoms with Gasteiger partial charge in [0.05, 0.1) is 22.4 Å². The summed E-state index contributed by atoms with van der Waals surface area (Å²) in [6, 6.07) is 8.09. The normalized spacial score (nSPS) is 13.2. The number of para-hydroxylation sites is 2. The number of fused-ring (bicyclic) bond motifs is 1. The van der Waals surface area contributed by atoms with E-state index in [2.05, 4.69) is 23.8 Å². The van der Waals surface area contributed by atoms with Crippen LogP contribution in [0.1, 0.15) is 25.2 Å². The maximum absolute atomic E-state index is 6.09. The molecule has 1 atom stereocenters. The molecule has 2 aromatic rings. The molecule has 3 nitrogen and oxygen atoms in total. The van der Waals surface area contributed by atoms with Gasteiger partial charge >= 0.3 is 0 Å². The summed E-state index contributed by atoms with van der Waals surface area (Å²) in [7, 11) is 0. The van der Waals surface area contributed by atoms with Gasteiger partial charge in [-0.3, -0.25) is 0 Å². The zero-order chi connectivity index (χ0) is 12.4. The van der Waals surface area contributed by atoms with Crippen molar-refractivity contribution in [3.05, 3.63) is 35.7 Å². The summed E-state index contributed by atoms with van der Waals surface area (Å²) in [6.45, 7) is 6.27. The Labute approximate surface area is 102 Å². The molecule has 0 aliphatic rings. The number of rotatable bonds is 3. The van der Waals surface area contributed by atoms with Crippen molar-refractivity contribution in [1.82, 2.24) is 9.97 Å². The Hall–Kier alpha value is -1.48. The van der Waals surface area contributed by atoms with Crippen molar-refractivity contribution in [1.29, 1.82) is 0 Å². The highest BCUT2D eigenvalue weighted by atomic mass is 14.8. The molecule has 1 heterocycles. The van der Waals surface area contributed by atoms with Crippen molar-refractivity contribution in [2.24, 2.45) is 11.7 Å². The van der Waals surface area contributed by atoms with Crippen LogP contribution in [-0.4, -0.2) is 16.0 Å². The first kappa shape index (κ1) is 12.0. The van der Waals surface area contributed by atoms with Crippen molar-refractivity contribution in [2.75, 3.05) is 0 Å². The summed E-state index contributed by atoms with van der Waals surface area (Å²) in [5, 5.41) is 0. The van der Waals surface area contributed by atoms with E-state index in [9.17, 15) is 0 Å². The molecule has 0 bridgehead atoms. The predicted octanol–water partition coefficient (Wildman–Crippen LogP) is 2.46. The van der Waals surface area contributed by atoms with E-state index >= 15 is 0 Å². The molecule has 17 heavy (non-hydrogen) atoms. The van der Waals surface area contributed by atoms with Crippen LogP contribution in [-0.2, 0) is 6.42 Å². The van der Waals surface area contributed by atoms with Crippen LogP contribution in [0.5, 0.6) is 0 Å². The van der Waals surface area contributed by atoms with Crippen LogP contribution in [0, 0.1) is 12.8 Å². The second-order valence-electron chi connectivity index (χ2n) is 4.86. The molecular formula is C14H19N3. The zero-order valence-corrected chi connectivity index (χ0v) is 10.6. The van der Waals surface area contributed by atoms with Crippen LogP contribution < -0.4 is 5.73 Å². The van der Waals surface area contributed by atoms with Gasteiger partial charge in [0.25, 0.3) is 0 Å². The van der Waals surface area contributed by atoms with Crippen LogP contribution in [0.25, 0.3) is 11.0 Å². The second-order valence-corrected chi connectivity index (χ2v) is 4.86. The van der Waals surface area contributed by atoms with E-state index in [1.54, 1.807) is 0 Å². The number of benzene rings is 1. The van der Waals surface area contributed by atoms with Gasteiger partial charge in [0, 0.05) is 12.5 Å². The maximum atomic E-state index is 6.09. The number of nitrogens with two attached hydrogens (primary N) is 1. The molecule has 0 radical (unpaired) electrons. The molecule has 0 amide bonds. The first-order valence-electron chi connectivity index (χ1n) is 6.05. The van der Waals surface area contributed by atoms with Crippen molar-refractivity contribution < 1.29 is 0 Å². The number of hydrogen-bond acceptors (Lipinski definition) is 3. The highest BCUT2D eigenvalue weighted by molar-refractivity contribution is 5.74. The van der Waals surface area contributed by atoms with Crippen molar-refractivity contribution >= 4 is 11.0 Å². The zero-order valence-electron chi connectivity index (χ0n) is 10.6. The minimum atomic E-state index is 0.143. The molecule has 1 aromatic carbocycles. The van der Waals surface area contributed by atoms with Crippen LogP contribution in [0.2, 0.25) is 0 Å². The summed E-state index contributed by atoms with van der Waals surface area (Å²) in [5.41, 5.74) is 10.00. The average molecular weight is 229 g/mol. The Kier molecular flexibility index (Phi) is 3.38. The highest BCUT2D eigenvalue weighted by Gasteiger charge is 2.12. The van der Waals surface area contributed by atoms with E-state index in [0.29, 0.717) is 5.92 Å². The first-order valence-corrected chi connectivity index (χ1v) is 6.05. The van der Waals surface area contributed by atoms with Gasteiger partial charge in [0.2, 0.25) is 0 Å². The molecule has 3 heteroatoms. The lowest BCUT2D eigenvalue weighted by atomic mass is 9.99. The first-order chi connectivity index (χ1) is 8.08. The van der Waals surface area contributed by atoms with E-state index in [0.717, 1.165) is 28.8 Å². The van der Waals surface area contributed by atoms with E-state index in [1.807, 2.05) is 31.2 Å². The Morgan fingerprint density at radius 1 is 1.12 bits per heavy atom. The van der Waals surface area contributed by atoms with Gasteiger partial charge in [-0.2, -0.15) is 0 Å². The van der Waals surface area contributed by atoms with Crippen molar-refractivity contribution in [3.8, 4) is 0 Å². The lowest BCUT2D eigenvalue weighted by Crippen LogP contribution is -2.29. The number of hydrogen-bond donors (Lipinski definition) is 1. The molecule has 0 spiro atoms. The maximum Gasteiger partial charge on any atom is 0.0890 e. The highest BCUT2D eigenvalue weighted by Crippen LogP contribution is 2.14. The fraction of sp³-hybridized carbons (Fsp3) is 0.429. The lowest BCUT2D eigenvalue weighted by Gasteiger charge is -2.16. The molecule has 1 aromatic heterocycles. The van der Waals surface area contributed by atoms with E-state index in [1.165, 1.54) is 0 Å². The summed E-state index contributed by atoms with van der Waals surface area (Å²) in [6.07, 6.45) is 0.793. The molecule has 0 aliphatic carbocycles. The van der Waals surface area contributed by atoms with Crippen molar-refractivity contribution in [3.63, 3.8) is 0 Å². The molecular weight excluding hydrogens is 210 g/mol. The monoisotopic (exact) mass is 229 g/mol. The topological polar surface area (TPSA) is 51.8 Å². The third-order valence-electron chi connectivity index (χ3n) is 3.13. The van der Waals surface area contributed by atoms with Gasteiger partial charge in [0.1, 0.15) is 0 Å². The SMILES string of the molecule is Cc1nc2ccccc2nc1CC(N)C(C)C. The Morgan fingerprint density at radius 3 is 2.29 bits per heavy atom. The molecule has 0 saturated heterocycles. The molecule has 2 rings (SSSR count). The predicted molar refractivity (Wildman–Crippen MR) is 70.8 cm³/mol. The van der Waals surface area contributed by atoms with Gasteiger partial charge < -0.3 is 5.73 Å². The van der Waals surface area contributed by atoms with Crippen LogP contribution in [0.3, 0.4) is 0 Å². The minimum Gasteiger partial charge on any atom is -0.327 e. The fourth-order valence-electron chi connectivity index (χ4n) is 1.78. The number of aromatic nitrogens is 2. The Morgan fingerprint density at radius 2 is 1.71 bits per heavy atom. The standard InChI is InChI=1S/C14H19N3/c1-9(2)11(15)8-14-10(3)16-12-6-4-5-7-13(12)17-14/h4-7,9,11H,8,15H2,1-3H3. The average Bonchev–Trinajstić information content (AvgIpc) is 2.29. The smallest absolute Gasteiger partial charge is 0.0890 e. The van der Waals surface area contributed by atoms with Gasteiger partial charge in [-0.25, -0.2) is 9.97 Å². The molecule has 0 saturated carbocycles. The van der Waals surface area contributed by atoms with Gasteiger partial charge in [-0.15, -0.1) is 0 Å².